The Morgan fingerprint density at radius 2 is 2.17 bits per heavy atom. The highest BCUT2D eigenvalue weighted by Gasteiger charge is 2.12. The molecule has 1 aromatic carbocycles. The number of pyridine rings is 1. The topological polar surface area (TPSA) is 42.0 Å². The molecule has 18 heavy (non-hydrogen) atoms. The van der Waals surface area contributed by atoms with Gasteiger partial charge in [-0.15, -0.1) is 0 Å². The van der Waals surface area contributed by atoms with E-state index in [0.717, 1.165) is 15.3 Å². The molecular weight excluding hydrogens is 346 g/mol. The van der Waals surface area contributed by atoms with Crippen LogP contribution in [0.15, 0.2) is 36.7 Å². The van der Waals surface area contributed by atoms with Gasteiger partial charge in [0.05, 0.1) is 11.8 Å². The van der Waals surface area contributed by atoms with Crippen LogP contribution in [0.2, 0.25) is 0 Å². The molecule has 92 valence electrons. The maximum absolute atomic E-state index is 13.4. The Morgan fingerprint density at radius 3 is 2.83 bits per heavy atom. The Bertz CT molecular complexity index is 601. The number of rotatable bonds is 2. The van der Waals surface area contributed by atoms with E-state index >= 15 is 0 Å². The zero-order valence-electron chi connectivity index (χ0n) is 9.58. The minimum absolute atomic E-state index is 0.0112. The van der Waals surface area contributed by atoms with E-state index < -0.39 is 11.7 Å². The largest absolute Gasteiger partial charge is 0.322 e. The maximum atomic E-state index is 13.4. The van der Waals surface area contributed by atoms with Crippen molar-refractivity contribution in [2.75, 3.05) is 5.32 Å². The number of halogens is 2. The summed E-state index contributed by atoms with van der Waals surface area (Å²) in [6, 6.07) is 6.98. The van der Waals surface area contributed by atoms with Crippen LogP contribution in [-0.4, -0.2) is 10.9 Å². The molecule has 0 unspecified atom stereocenters. The molecule has 0 aliphatic carbocycles. The molecule has 1 aromatic heterocycles. The summed E-state index contributed by atoms with van der Waals surface area (Å²) >= 11 is 2.19. The van der Waals surface area contributed by atoms with Gasteiger partial charge in [-0.3, -0.25) is 9.78 Å². The van der Waals surface area contributed by atoms with Crippen molar-refractivity contribution in [2.45, 2.75) is 6.92 Å². The van der Waals surface area contributed by atoms with Crippen molar-refractivity contribution in [1.29, 1.82) is 0 Å². The van der Waals surface area contributed by atoms with Gasteiger partial charge in [0, 0.05) is 15.5 Å². The number of aryl methyl sites for hydroxylation is 1. The third kappa shape index (κ3) is 2.84. The van der Waals surface area contributed by atoms with Crippen molar-refractivity contribution >= 4 is 34.2 Å². The zero-order chi connectivity index (χ0) is 13.1. The molecule has 0 saturated heterocycles. The van der Waals surface area contributed by atoms with Crippen molar-refractivity contribution in [3.05, 3.63) is 57.2 Å². The number of nitrogens with zero attached hydrogens (tertiary/aromatic N) is 1. The molecule has 1 N–H and O–H groups in total. The number of nitrogens with one attached hydrogen (secondary N) is 1. The van der Waals surface area contributed by atoms with Crippen molar-refractivity contribution < 1.29 is 9.18 Å². The average Bonchev–Trinajstić information content (AvgIpc) is 2.33. The number of amides is 1. The lowest BCUT2D eigenvalue weighted by molar-refractivity contribution is 0.102. The Labute approximate surface area is 118 Å². The third-order valence-electron chi connectivity index (χ3n) is 2.45. The number of benzene rings is 1. The van der Waals surface area contributed by atoms with Crippen molar-refractivity contribution in [3.8, 4) is 0 Å². The molecule has 2 aromatic rings. The van der Waals surface area contributed by atoms with Crippen LogP contribution in [0.3, 0.4) is 0 Å². The van der Waals surface area contributed by atoms with Crippen LogP contribution in [0.25, 0.3) is 0 Å². The molecule has 5 heteroatoms. The van der Waals surface area contributed by atoms with Gasteiger partial charge in [-0.2, -0.15) is 0 Å². The summed E-state index contributed by atoms with van der Waals surface area (Å²) in [5.74, 6) is -1.10. The van der Waals surface area contributed by atoms with Gasteiger partial charge in [0.25, 0.3) is 5.91 Å². The Balaban J connectivity index is 2.24. The Hall–Kier alpha value is -1.50. The highest BCUT2D eigenvalue weighted by molar-refractivity contribution is 14.1. The second-order valence-corrected chi connectivity index (χ2v) is 5.01. The molecule has 0 saturated carbocycles. The van der Waals surface area contributed by atoms with Gasteiger partial charge in [0.1, 0.15) is 0 Å². The van der Waals surface area contributed by atoms with E-state index in [1.165, 1.54) is 12.3 Å². The lowest BCUT2D eigenvalue weighted by Crippen LogP contribution is -2.14. The average molecular weight is 356 g/mol. The van der Waals surface area contributed by atoms with E-state index in [1.54, 1.807) is 6.07 Å². The lowest BCUT2D eigenvalue weighted by Gasteiger charge is -2.09. The van der Waals surface area contributed by atoms with Crippen LogP contribution in [0.5, 0.6) is 0 Å². The Morgan fingerprint density at radius 1 is 1.39 bits per heavy atom. The first-order chi connectivity index (χ1) is 8.58. The number of anilines is 1. The molecule has 1 heterocycles. The van der Waals surface area contributed by atoms with Gasteiger partial charge in [0.2, 0.25) is 0 Å². The van der Waals surface area contributed by atoms with Gasteiger partial charge in [-0.1, -0.05) is 0 Å². The number of carbonyl (C=O) groups excluding carboxylic acids is 1. The van der Waals surface area contributed by atoms with Gasteiger partial charge in [0.15, 0.2) is 5.82 Å². The van der Waals surface area contributed by atoms with Crippen molar-refractivity contribution in [1.82, 2.24) is 4.98 Å². The van der Waals surface area contributed by atoms with E-state index in [4.69, 9.17) is 0 Å². The minimum Gasteiger partial charge on any atom is -0.322 e. The summed E-state index contributed by atoms with van der Waals surface area (Å²) < 4.78 is 14.5. The highest BCUT2D eigenvalue weighted by Crippen LogP contribution is 2.19. The van der Waals surface area contributed by atoms with Gasteiger partial charge in [-0.05, 0) is 59.3 Å². The first-order valence-corrected chi connectivity index (χ1v) is 6.33. The molecule has 0 bridgehead atoms. The summed E-state index contributed by atoms with van der Waals surface area (Å²) in [5, 5.41) is 2.68. The number of carbonyl (C=O) groups is 1. The van der Waals surface area contributed by atoms with E-state index in [2.05, 4.69) is 32.9 Å². The van der Waals surface area contributed by atoms with Gasteiger partial charge >= 0.3 is 0 Å². The second kappa shape index (κ2) is 5.43. The summed E-state index contributed by atoms with van der Waals surface area (Å²) in [4.78, 5) is 15.5. The fourth-order valence-corrected chi connectivity index (χ4v) is 2.16. The smallest absolute Gasteiger partial charge is 0.258 e. The van der Waals surface area contributed by atoms with E-state index in [-0.39, 0.29) is 5.56 Å². The van der Waals surface area contributed by atoms with Crippen molar-refractivity contribution in [2.24, 2.45) is 0 Å². The summed E-state index contributed by atoms with van der Waals surface area (Å²) in [5.41, 5.74) is 1.60. The number of hydrogen-bond donors (Lipinski definition) is 1. The summed E-state index contributed by atoms with van der Waals surface area (Å²) in [6.45, 7) is 1.89. The standard InChI is InChI=1S/C13H10FIN2O/c1-8-6-9(15)2-3-12(8)17-13(18)10-4-5-16-7-11(10)14/h2-7H,1H3,(H,17,18). The minimum atomic E-state index is -0.627. The van der Waals surface area contributed by atoms with E-state index in [1.807, 2.05) is 19.1 Å². The maximum Gasteiger partial charge on any atom is 0.258 e. The van der Waals surface area contributed by atoms with Crippen LogP contribution in [0, 0.1) is 16.3 Å². The second-order valence-electron chi connectivity index (χ2n) is 3.77. The molecule has 1 amide bonds. The quantitative estimate of drug-likeness (QED) is 0.839. The van der Waals surface area contributed by atoms with Crippen LogP contribution >= 0.6 is 22.6 Å². The van der Waals surface area contributed by atoms with Crippen LogP contribution in [-0.2, 0) is 0 Å². The molecular formula is C13H10FIN2O. The molecule has 0 aliphatic rings. The molecule has 2 rings (SSSR count). The summed E-state index contributed by atoms with van der Waals surface area (Å²) in [6.07, 6.45) is 2.41. The van der Waals surface area contributed by atoms with Crippen molar-refractivity contribution in [3.63, 3.8) is 0 Å². The van der Waals surface area contributed by atoms with Crippen LogP contribution < -0.4 is 5.32 Å². The normalized spacial score (nSPS) is 10.2. The zero-order valence-corrected chi connectivity index (χ0v) is 11.7. The molecule has 0 radical (unpaired) electrons. The number of aromatic nitrogens is 1. The fraction of sp³-hybridized carbons (Fsp3) is 0.0769. The SMILES string of the molecule is Cc1cc(I)ccc1NC(=O)c1ccncc1F. The third-order valence-corrected chi connectivity index (χ3v) is 3.12. The monoisotopic (exact) mass is 356 g/mol. The fourth-order valence-electron chi connectivity index (χ4n) is 1.52. The number of hydrogen-bond acceptors (Lipinski definition) is 2. The molecule has 0 fully saturated rings. The van der Waals surface area contributed by atoms with Crippen LogP contribution in [0.1, 0.15) is 15.9 Å². The lowest BCUT2D eigenvalue weighted by atomic mass is 10.2. The first kappa shape index (κ1) is 12.9. The summed E-state index contributed by atoms with van der Waals surface area (Å²) in [7, 11) is 0. The first-order valence-electron chi connectivity index (χ1n) is 5.25. The molecule has 0 spiro atoms. The van der Waals surface area contributed by atoms with E-state index in [0.29, 0.717) is 5.69 Å². The predicted molar refractivity (Wildman–Crippen MR) is 76.0 cm³/mol. The Kier molecular flexibility index (Phi) is 3.90. The molecule has 0 aliphatic heterocycles. The van der Waals surface area contributed by atoms with Gasteiger partial charge < -0.3 is 5.32 Å². The van der Waals surface area contributed by atoms with Crippen LogP contribution in [0.4, 0.5) is 10.1 Å². The van der Waals surface area contributed by atoms with Gasteiger partial charge in [-0.25, -0.2) is 4.39 Å². The highest BCUT2D eigenvalue weighted by atomic mass is 127. The molecule has 0 atom stereocenters. The predicted octanol–water partition coefficient (Wildman–Crippen LogP) is 3.39. The van der Waals surface area contributed by atoms with E-state index in [9.17, 15) is 9.18 Å². The molecule has 3 nitrogen and oxygen atoms in total.